The number of hydrogen-bond acceptors (Lipinski definition) is 13. The number of nitrogens with zero attached hydrogens (tertiary/aromatic N) is 7. The molecule has 1 aromatic heterocycles. The van der Waals surface area contributed by atoms with E-state index in [1.54, 1.807) is 18.2 Å². The molecule has 0 saturated carbocycles. The SMILES string of the molecule is NC(=O)c1nnc(N2CCOCC2)nc1Nc1ccc(N2CCN(CC3CCN(c4ccc(C(=O)NC5CCC(=O)NC5=O)c(F)c4)CC3)CC2)c(F)c1. The fourth-order valence-corrected chi connectivity index (χ4v) is 7.31. The van der Waals surface area contributed by atoms with Crippen molar-refractivity contribution in [2.45, 2.75) is 31.7 Å². The van der Waals surface area contributed by atoms with E-state index >= 15 is 8.78 Å². The van der Waals surface area contributed by atoms with E-state index in [1.165, 1.54) is 18.2 Å². The maximum absolute atomic E-state index is 15.5. The lowest BCUT2D eigenvalue weighted by atomic mass is 9.95. The highest BCUT2D eigenvalue weighted by Gasteiger charge is 2.30. The first-order valence-corrected chi connectivity index (χ1v) is 18.2. The Morgan fingerprint density at radius 2 is 1.63 bits per heavy atom. The van der Waals surface area contributed by atoms with Gasteiger partial charge < -0.3 is 35.8 Å². The summed E-state index contributed by atoms with van der Waals surface area (Å²) in [5.41, 5.74) is 6.80. The first kappa shape index (κ1) is 36.9. The van der Waals surface area contributed by atoms with Crippen molar-refractivity contribution in [2.24, 2.45) is 11.7 Å². The molecule has 7 rings (SSSR count). The Kier molecular flexibility index (Phi) is 11.1. The second-order valence-electron chi connectivity index (χ2n) is 13.9. The Morgan fingerprint density at radius 3 is 2.31 bits per heavy atom. The average Bonchev–Trinajstić information content (AvgIpc) is 3.17. The van der Waals surface area contributed by atoms with Gasteiger partial charge in [0.25, 0.3) is 11.8 Å². The first-order valence-electron chi connectivity index (χ1n) is 18.2. The monoisotopic (exact) mass is 747 g/mol. The fraction of sp³-hybridized carbons (Fsp3) is 0.472. The number of carbonyl (C=O) groups is 4. The van der Waals surface area contributed by atoms with E-state index in [4.69, 9.17) is 10.5 Å². The van der Waals surface area contributed by atoms with Crippen molar-refractivity contribution in [3.8, 4) is 0 Å². The van der Waals surface area contributed by atoms with Gasteiger partial charge in [0.1, 0.15) is 17.7 Å². The zero-order valence-corrected chi connectivity index (χ0v) is 29.7. The summed E-state index contributed by atoms with van der Waals surface area (Å²) in [6.45, 7) is 7.50. The number of halogens is 2. The topological polar surface area (TPSA) is 191 Å². The molecule has 4 fully saturated rings. The number of morpholine rings is 1. The van der Waals surface area contributed by atoms with E-state index in [0.29, 0.717) is 68.3 Å². The number of piperazine rings is 1. The van der Waals surface area contributed by atoms with E-state index in [2.05, 4.69) is 40.9 Å². The molecule has 4 saturated heterocycles. The van der Waals surface area contributed by atoms with Crippen LogP contribution in [0.15, 0.2) is 36.4 Å². The smallest absolute Gasteiger partial charge is 0.273 e. The van der Waals surface area contributed by atoms with Gasteiger partial charge in [-0.1, -0.05) is 0 Å². The van der Waals surface area contributed by atoms with Crippen LogP contribution in [0.3, 0.4) is 0 Å². The molecule has 4 aliphatic heterocycles. The van der Waals surface area contributed by atoms with Crippen LogP contribution in [0.1, 0.15) is 46.5 Å². The molecule has 4 amide bonds. The number of piperidine rings is 2. The lowest BCUT2D eigenvalue weighted by molar-refractivity contribution is -0.134. The molecule has 5 N–H and O–H groups in total. The second kappa shape index (κ2) is 16.3. The van der Waals surface area contributed by atoms with Crippen molar-refractivity contribution in [1.82, 2.24) is 30.7 Å². The van der Waals surface area contributed by atoms with Gasteiger partial charge >= 0.3 is 0 Å². The highest BCUT2D eigenvalue weighted by molar-refractivity contribution is 6.04. The van der Waals surface area contributed by atoms with Crippen molar-refractivity contribution in [2.75, 3.05) is 92.1 Å². The molecule has 16 nitrogen and oxygen atoms in total. The molecule has 3 aromatic rings. The Labute approximate surface area is 310 Å². The summed E-state index contributed by atoms with van der Waals surface area (Å²) >= 11 is 0. The van der Waals surface area contributed by atoms with Gasteiger partial charge in [0.05, 0.1) is 24.5 Å². The highest BCUT2D eigenvalue weighted by Crippen LogP contribution is 2.29. The maximum atomic E-state index is 15.5. The lowest BCUT2D eigenvalue weighted by Gasteiger charge is -2.40. The van der Waals surface area contributed by atoms with Crippen LogP contribution in [0.5, 0.6) is 0 Å². The second-order valence-corrected chi connectivity index (χ2v) is 13.9. The minimum Gasteiger partial charge on any atom is -0.378 e. The Bertz CT molecular complexity index is 1900. The quantitative estimate of drug-likeness (QED) is 0.218. The summed E-state index contributed by atoms with van der Waals surface area (Å²) in [6, 6.07) is 8.44. The summed E-state index contributed by atoms with van der Waals surface area (Å²) < 4.78 is 35.9. The summed E-state index contributed by atoms with van der Waals surface area (Å²) in [7, 11) is 0. The van der Waals surface area contributed by atoms with Gasteiger partial charge in [0.2, 0.25) is 17.8 Å². The highest BCUT2D eigenvalue weighted by atomic mass is 19.1. The number of aromatic nitrogens is 3. The molecular weight excluding hydrogens is 704 g/mol. The number of amides is 4. The molecule has 0 bridgehead atoms. The molecule has 4 aliphatic rings. The molecule has 5 heterocycles. The molecule has 18 heteroatoms. The standard InChI is InChI=1S/C36H43F2N11O5/c37-26-20-24(2-3-25(26)34(52)41-28-4-6-30(50)42-35(28)53)47-9-7-22(8-10-47)21-46-11-13-48(14-12-46)29-5-1-23(19-27(29)38)40-33-31(32(39)51)44-45-36(43-33)49-15-17-54-18-16-49/h1-3,5,19-20,22,28H,4,6-18,21H2,(H2,39,51)(H,41,52)(H,40,43,45)(H,42,50,53). The van der Waals surface area contributed by atoms with Gasteiger partial charge in [-0.25, -0.2) is 8.78 Å². The van der Waals surface area contributed by atoms with Crippen LogP contribution in [0.4, 0.5) is 37.6 Å². The fourth-order valence-electron chi connectivity index (χ4n) is 7.31. The molecule has 0 radical (unpaired) electrons. The summed E-state index contributed by atoms with van der Waals surface area (Å²) in [4.78, 5) is 61.0. The predicted octanol–water partition coefficient (Wildman–Crippen LogP) is 1.40. The molecule has 1 atom stereocenters. The number of primary amides is 1. The van der Waals surface area contributed by atoms with Crippen LogP contribution in [0.25, 0.3) is 0 Å². The summed E-state index contributed by atoms with van der Waals surface area (Å²) in [5.74, 6) is -2.66. The third-order valence-electron chi connectivity index (χ3n) is 10.4. The van der Waals surface area contributed by atoms with Crippen LogP contribution in [0.2, 0.25) is 0 Å². The number of anilines is 5. The number of hydrogen-bond donors (Lipinski definition) is 4. The number of nitrogens with one attached hydrogen (secondary N) is 3. The number of carbonyl (C=O) groups excluding carboxylic acids is 4. The van der Waals surface area contributed by atoms with Gasteiger partial charge in [-0.15, -0.1) is 10.2 Å². The van der Waals surface area contributed by atoms with E-state index < -0.39 is 41.3 Å². The van der Waals surface area contributed by atoms with Crippen molar-refractivity contribution in [3.63, 3.8) is 0 Å². The van der Waals surface area contributed by atoms with Gasteiger partial charge in [0, 0.05) is 76.7 Å². The number of imide groups is 1. The first-order chi connectivity index (χ1) is 26.1. The van der Waals surface area contributed by atoms with Crippen LogP contribution in [-0.4, -0.2) is 122 Å². The van der Waals surface area contributed by atoms with Gasteiger partial charge in [-0.3, -0.25) is 29.4 Å². The van der Waals surface area contributed by atoms with E-state index in [-0.39, 0.29) is 29.9 Å². The van der Waals surface area contributed by atoms with Crippen molar-refractivity contribution < 1.29 is 32.7 Å². The molecule has 0 aliphatic carbocycles. The van der Waals surface area contributed by atoms with Crippen molar-refractivity contribution in [1.29, 1.82) is 0 Å². The minimum atomic E-state index is -0.878. The summed E-state index contributed by atoms with van der Waals surface area (Å²) in [6.07, 6.45) is 2.14. The minimum absolute atomic E-state index is 0.101. The van der Waals surface area contributed by atoms with Crippen LogP contribution < -0.4 is 36.4 Å². The third-order valence-corrected chi connectivity index (χ3v) is 10.4. The molecule has 54 heavy (non-hydrogen) atoms. The predicted molar refractivity (Wildman–Crippen MR) is 195 cm³/mol. The Balaban J connectivity index is 0.878. The summed E-state index contributed by atoms with van der Waals surface area (Å²) in [5, 5.41) is 15.7. The zero-order valence-electron chi connectivity index (χ0n) is 29.7. The van der Waals surface area contributed by atoms with Gasteiger partial charge in [-0.05, 0) is 61.6 Å². The van der Waals surface area contributed by atoms with Crippen LogP contribution >= 0.6 is 0 Å². The van der Waals surface area contributed by atoms with Gasteiger partial charge in [0.15, 0.2) is 11.5 Å². The third kappa shape index (κ3) is 8.49. The molecular formula is C36H43F2N11O5. The van der Waals surface area contributed by atoms with E-state index in [9.17, 15) is 19.2 Å². The number of nitrogens with two attached hydrogens (primary N) is 1. The molecule has 0 spiro atoms. The van der Waals surface area contributed by atoms with E-state index in [0.717, 1.165) is 45.6 Å². The number of ether oxygens (including phenoxy) is 1. The number of rotatable bonds is 10. The average molecular weight is 748 g/mol. The molecule has 2 aromatic carbocycles. The van der Waals surface area contributed by atoms with Crippen molar-refractivity contribution >= 4 is 52.5 Å². The van der Waals surface area contributed by atoms with Crippen molar-refractivity contribution in [3.05, 3.63) is 59.3 Å². The maximum Gasteiger partial charge on any atom is 0.273 e. The zero-order chi connectivity index (χ0) is 37.8. The largest absolute Gasteiger partial charge is 0.378 e. The Morgan fingerprint density at radius 1 is 0.870 bits per heavy atom. The number of benzene rings is 2. The normalized spacial score (nSPS) is 20.1. The lowest BCUT2D eigenvalue weighted by Crippen LogP contribution is -2.52. The molecule has 286 valence electrons. The van der Waals surface area contributed by atoms with Crippen LogP contribution in [-0.2, 0) is 14.3 Å². The van der Waals surface area contributed by atoms with Gasteiger partial charge in [-0.2, -0.15) is 4.98 Å². The van der Waals surface area contributed by atoms with Crippen LogP contribution in [0, 0.1) is 17.6 Å². The van der Waals surface area contributed by atoms with E-state index in [1.807, 2.05) is 9.80 Å². The Hall–Kier alpha value is -5.49. The molecule has 1 unspecified atom stereocenters.